The molecule has 0 radical (unpaired) electrons. The topological polar surface area (TPSA) is 66.1 Å². The molecule has 0 atom stereocenters. The molecule has 1 aliphatic heterocycles. The third kappa shape index (κ3) is 6.00. The fraction of sp³-hybridized carbons (Fsp3) is 0.455. The number of nitrogens with zero attached hydrogens (tertiary/aromatic N) is 6. The maximum Gasteiger partial charge on any atom is 0.223 e. The number of hydrogen-bond acceptors (Lipinski definition) is 5. The van der Waals surface area contributed by atoms with Crippen molar-refractivity contribution in [2.75, 3.05) is 27.2 Å². The molecule has 0 saturated carbocycles. The Kier molecular flexibility index (Phi) is 6.78. The number of imidazole rings is 1. The molecule has 0 unspecified atom stereocenters. The third-order valence-corrected chi connectivity index (χ3v) is 5.07. The van der Waals surface area contributed by atoms with Crippen molar-refractivity contribution in [2.24, 2.45) is 10.2 Å². The van der Waals surface area contributed by atoms with E-state index < -0.39 is 5.66 Å². The number of amides is 1. The molecule has 1 aliphatic rings. The molecule has 1 amide bonds. The second-order valence-electron chi connectivity index (χ2n) is 7.64. The van der Waals surface area contributed by atoms with Crippen molar-refractivity contribution < 1.29 is 4.79 Å². The Labute approximate surface area is 172 Å². The molecule has 3 rings (SSSR count). The number of aromatic nitrogens is 2. The minimum atomic E-state index is -0.415. The minimum absolute atomic E-state index is 0.128. The highest BCUT2D eigenvalue weighted by molar-refractivity contribution is 5.76. The summed E-state index contributed by atoms with van der Waals surface area (Å²) in [5.74, 6) is 2.76. The zero-order valence-electron chi connectivity index (χ0n) is 17.2. The predicted octanol–water partition coefficient (Wildman–Crippen LogP) is 3.12. The Morgan fingerprint density at radius 2 is 1.93 bits per heavy atom. The summed E-state index contributed by atoms with van der Waals surface area (Å²) in [7, 11) is 4.03. The Bertz CT molecular complexity index is 858. The average Bonchev–Trinajstić information content (AvgIpc) is 3.28. The van der Waals surface area contributed by atoms with Gasteiger partial charge in [-0.05, 0) is 31.8 Å². The normalized spacial score (nSPS) is 14.0. The van der Waals surface area contributed by atoms with Gasteiger partial charge in [0.25, 0.3) is 0 Å². The van der Waals surface area contributed by atoms with E-state index in [9.17, 15) is 4.79 Å². The lowest BCUT2D eigenvalue weighted by Crippen LogP contribution is -2.36. The van der Waals surface area contributed by atoms with Gasteiger partial charge in [0.05, 0.1) is 6.33 Å². The number of carbonyl (C=O) groups excluding carboxylic acids is 1. The minimum Gasteiger partial charge on any atom is -0.337 e. The van der Waals surface area contributed by atoms with E-state index in [0.29, 0.717) is 32.4 Å². The molecule has 2 aromatic rings. The molecule has 0 spiro atoms. The van der Waals surface area contributed by atoms with Crippen LogP contribution in [0, 0.1) is 12.3 Å². The van der Waals surface area contributed by atoms with Gasteiger partial charge in [0.2, 0.25) is 5.91 Å². The standard InChI is InChI=1S/C22H28N6O/c1-4-5-11-22(24-25-22)12-10-21(29)27(16-15-26(2)3)17-19-6-8-20(9-7-19)28-14-13-23-18-28/h1,6-9,13-14,18H,5,10-12,15-17H2,2-3H3. The number of likely N-dealkylation sites (N-methyl/N-ethyl adjacent to an activating group) is 1. The van der Waals surface area contributed by atoms with E-state index in [1.165, 1.54) is 0 Å². The molecular formula is C22H28N6O. The van der Waals surface area contributed by atoms with Crippen molar-refractivity contribution in [3.8, 4) is 18.0 Å². The van der Waals surface area contributed by atoms with Gasteiger partial charge in [0.15, 0.2) is 5.66 Å². The van der Waals surface area contributed by atoms with Crippen LogP contribution in [-0.2, 0) is 11.3 Å². The van der Waals surface area contributed by atoms with Gasteiger partial charge in [-0.1, -0.05) is 12.1 Å². The maximum absolute atomic E-state index is 12.9. The van der Waals surface area contributed by atoms with Gasteiger partial charge >= 0.3 is 0 Å². The SMILES string of the molecule is C#CCCC1(CCC(=O)N(CCN(C)C)Cc2ccc(-n3ccnc3)cc2)N=N1. The number of carbonyl (C=O) groups is 1. The van der Waals surface area contributed by atoms with Gasteiger partial charge in [-0.3, -0.25) is 4.79 Å². The highest BCUT2D eigenvalue weighted by atomic mass is 16.2. The molecule has 7 nitrogen and oxygen atoms in total. The molecule has 7 heteroatoms. The first kappa shape index (κ1) is 20.7. The maximum atomic E-state index is 12.9. The molecule has 0 N–H and O–H groups in total. The van der Waals surface area contributed by atoms with E-state index in [1.807, 2.05) is 41.9 Å². The smallest absolute Gasteiger partial charge is 0.223 e. The fourth-order valence-corrected chi connectivity index (χ4v) is 3.15. The van der Waals surface area contributed by atoms with Gasteiger partial charge in [0.1, 0.15) is 0 Å². The second-order valence-corrected chi connectivity index (χ2v) is 7.64. The molecular weight excluding hydrogens is 364 g/mol. The van der Waals surface area contributed by atoms with Crippen LogP contribution in [0.4, 0.5) is 0 Å². The lowest BCUT2D eigenvalue weighted by atomic mass is 10.0. The van der Waals surface area contributed by atoms with Gasteiger partial charge in [-0.15, -0.1) is 12.3 Å². The van der Waals surface area contributed by atoms with Crippen molar-refractivity contribution in [3.63, 3.8) is 0 Å². The summed E-state index contributed by atoms with van der Waals surface area (Å²) in [6.07, 6.45) is 13.2. The van der Waals surface area contributed by atoms with Crippen LogP contribution < -0.4 is 0 Å². The third-order valence-electron chi connectivity index (χ3n) is 5.07. The van der Waals surface area contributed by atoms with Crippen LogP contribution >= 0.6 is 0 Å². The Balaban J connectivity index is 1.60. The molecule has 152 valence electrons. The van der Waals surface area contributed by atoms with Crippen LogP contribution in [0.25, 0.3) is 5.69 Å². The first-order chi connectivity index (χ1) is 14.0. The zero-order valence-corrected chi connectivity index (χ0v) is 17.2. The number of benzene rings is 1. The summed E-state index contributed by atoms with van der Waals surface area (Å²) < 4.78 is 1.96. The van der Waals surface area contributed by atoms with Gasteiger partial charge in [0, 0.05) is 63.4 Å². The van der Waals surface area contributed by atoms with Crippen LogP contribution in [0.1, 0.15) is 31.2 Å². The molecule has 1 aromatic carbocycles. The number of terminal acetylenes is 1. The first-order valence-electron chi connectivity index (χ1n) is 9.89. The molecule has 29 heavy (non-hydrogen) atoms. The zero-order chi connectivity index (χ0) is 20.7. The van der Waals surface area contributed by atoms with Crippen molar-refractivity contribution >= 4 is 5.91 Å². The quantitative estimate of drug-likeness (QED) is 0.552. The van der Waals surface area contributed by atoms with Crippen molar-refractivity contribution in [1.29, 1.82) is 0 Å². The summed E-state index contributed by atoms with van der Waals surface area (Å²) in [6.45, 7) is 2.08. The summed E-state index contributed by atoms with van der Waals surface area (Å²) in [5, 5.41) is 8.28. The van der Waals surface area contributed by atoms with Crippen LogP contribution in [0.5, 0.6) is 0 Å². The highest BCUT2D eigenvalue weighted by Crippen LogP contribution is 2.37. The number of rotatable bonds is 11. The van der Waals surface area contributed by atoms with Gasteiger partial charge in [-0.25, -0.2) is 4.98 Å². The fourth-order valence-electron chi connectivity index (χ4n) is 3.15. The van der Waals surface area contributed by atoms with E-state index in [0.717, 1.165) is 24.2 Å². The van der Waals surface area contributed by atoms with Crippen molar-refractivity contribution in [1.82, 2.24) is 19.4 Å². The summed E-state index contributed by atoms with van der Waals surface area (Å²) in [6, 6.07) is 8.21. The largest absolute Gasteiger partial charge is 0.337 e. The Morgan fingerprint density at radius 3 is 2.52 bits per heavy atom. The highest BCUT2D eigenvalue weighted by Gasteiger charge is 2.39. The second kappa shape index (κ2) is 9.48. The Morgan fingerprint density at radius 1 is 1.17 bits per heavy atom. The molecule has 2 heterocycles. The van der Waals surface area contributed by atoms with E-state index in [1.54, 1.807) is 12.5 Å². The van der Waals surface area contributed by atoms with E-state index >= 15 is 0 Å². The van der Waals surface area contributed by atoms with Gasteiger partial charge in [-0.2, -0.15) is 10.2 Å². The lowest BCUT2D eigenvalue weighted by molar-refractivity contribution is -0.132. The van der Waals surface area contributed by atoms with Crippen molar-refractivity contribution in [3.05, 3.63) is 48.5 Å². The molecule has 0 fully saturated rings. The van der Waals surface area contributed by atoms with Gasteiger partial charge < -0.3 is 14.4 Å². The van der Waals surface area contributed by atoms with Crippen LogP contribution in [-0.4, -0.2) is 58.1 Å². The average molecular weight is 393 g/mol. The van der Waals surface area contributed by atoms with Crippen LogP contribution in [0.2, 0.25) is 0 Å². The van der Waals surface area contributed by atoms with E-state index in [4.69, 9.17) is 6.42 Å². The molecule has 0 saturated heterocycles. The molecule has 0 aliphatic carbocycles. The van der Waals surface area contributed by atoms with Crippen LogP contribution in [0.3, 0.4) is 0 Å². The molecule has 0 bridgehead atoms. The monoisotopic (exact) mass is 392 g/mol. The first-order valence-corrected chi connectivity index (χ1v) is 9.89. The van der Waals surface area contributed by atoms with Crippen LogP contribution in [0.15, 0.2) is 53.2 Å². The van der Waals surface area contributed by atoms with Crippen molar-refractivity contribution in [2.45, 2.75) is 37.9 Å². The lowest BCUT2D eigenvalue weighted by Gasteiger charge is -2.25. The van der Waals surface area contributed by atoms with E-state index in [2.05, 4.69) is 38.2 Å². The summed E-state index contributed by atoms with van der Waals surface area (Å²) >= 11 is 0. The van der Waals surface area contributed by atoms with E-state index in [-0.39, 0.29) is 5.91 Å². The predicted molar refractivity (Wildman–Crippen MR) is 112 cm³/mol. The number of hydrogen-bond donors (Lipinski definition) is 0. The Hall–Kier alpha value is -2.98. The molecule has 1 aromatic heterocycles. The summed E-state index contributed by atoms with van der Waals surface area (Å²) in [5.41, 5.74) is 1.73. The summed E-state index contributed by atoms with van der Waals surface area (Å²) in [4.78, 5) is 21.0.